The minimum absolute atomic E-state index is 0.306. The summed E-state index contributed by atoms with van der Waals surface area (Å²) < 4.78 is 4.92. The summed E-state index contributed by atoms with van der Waals surface area (Å²) >= 11 is 1.20. The van der Waals surface area contributed by atoms with Crippen molar-refractivity contribution in [1.82, 2.24) is 0 Å². The molecule has 0 aliphatic carbocycles. The molecule has 1 aromatic rings. The predicted octanol–water partition coefficient (Wildman–Crippen LogP) is 2.05. The van der Waals surface area contributed by atoms with Gasteiger partial charge in [-0.1, -0.05) is 13.3 Å². The number of nitrogen functional groups attached to an aromatic ring is 1. The second kappa shape index (κ2) is 5.67. The van der Waals surface area contributed by atoms with E-state index in [4.69, 9.17) is 15.6 Å². The van der Waals surface area contributed by atoms with Gasteiger partial charge in [0.25, 0.3) is 0 Å². The average Bonchev–Trinajstić information content (AvgIpc) is 2.58. The SMILES string of the molecule is CCCC(OC(=O)c1cc(N)c(C)s1)C(=O)O. The lowest BCUT2D eigenvalue weighted by atomic mass is 10.2. The van der Waals surface area contributed by atoms with Crippen molar-refractivity contribution in [1.29, 1.82) is 0 Å². The summed E-state index contributed by atoms with van der Waals surface area (Å²) in [5, 5.41) is 8.86. The fourth-order valence-electron chi connectivity index (χ4n) is 1.28. The molecule has 0 bridgehead atoms. The first-order chi connectivity index (χ1) is 7.95. The lowest BCUT2D eigenvalue weighted by molar-refractivity contribution is -0.147. The molecular weight excluding hydrogens is 242 g/mol. The Morgan fingerprint density at radius 3 is 2.65 bits per heavy atom. The molecule has 0 aromatic carbocycles. The number of rotatable bonds is 5. The van der Waals surface area contributed by atoms with Crippen LogP contribution >= 0.6 is 11.3 Å². The number of anilines is 1. The van der Waals surface area contributed by atoms with Crippen LogP contribution in [0.5, 0.6) is 0 Å². The number of ether oxygens (including phenoxy) is 1. The minimum Gasteiger partial charge on any atom is -0.479 e. The molecule has 0 radical (unpaired) electrons. The molecule has 94 valence electrons. The second-order valence-corrected chi connectivity index (χ2v) is 4.90. The molecule has 3 N–H and O–H groups in total. The van der Waals surface area contributed by atoms with Gasteiger partial charge in [-0.25, -0.2) is 9.59 Å². The van der Waals surface area contributed by atoms with E-state index in [1.165, 1.54) is 17.4 Å². The van der Waals surface area contributed by atoms with E-state index in [0.29, 0.717) is 23.4 Å². The number of thiophene rings is 1. The summed E-state index contributed by atoms with van der Waals surface area (Å²) in [7, 11) is 0. The van der Waals surface area contributed by atoms with Crippen LogP contribution in [0, 0.1) is 6.92 Å². The zero-order valence-corrected chi connectivity index (χ0v) is 10.5. The summed E-state index contributed by atoms with van der Waals surface area (Å²) in [5.41, 5.74) is 6.13. The van der Waals surface area contributed by atoms with Gasteiger partial charge in [0.05, 0.1) is 0 Å². The third kappa shape index (κ3) is 3.45. The number of aryl methyl sites for hydroxylation is 1. The van der Waals surface area contributed by atoms with E-state index in [9.17, 15) is 9.59 Å². The maximum Gasteiger partial charge on any atom is 0.349 e. The molecule has 0 amide bonds. The predicted molar refractivity (Wildman–Crippen MR) is 65.2 cm³/mol. The maximum atomic E-state index is 11.7. The van der Waals surface area contributed by atoms with Crippen molar-refractivity contribution in [2.75, 3.05) is 5.73 Å². The fraction of sp³-hybridized carbons (Fsp3) is 0.455. The van der Waals surface area contributed by atoms with Crippen LogP contribution < -0.4 is 5.73 Å². The van der Waals surface area contributed by atoms with Crippen molar-refractivity contribution in [2.45, 2.75) is 32.8 Å². The van der Waals surface area contributed by atoms with E-state index in [-0.39, 0.29) is 0 Å². The van der Waals surface area contributed by atoms with Crippen molar-refractivity contribution >= 4 is 29.0 Å². The maximum absolute atomic E-state index is 11.7. The fourth-order valence-corrected chi connectivity index (χ4v) is 2.10. The molecule has 1 rings (SSSR count). The molecule has 0 aliphatic rings. The van der Waals surface area contributed by atoms with Gasteiger partial charge in [-0.2, -0.15) is 0 Å². The highest BCUT2D eigenvalue weighted by Gasteiger charge is 2.23. The number of carbonyl (C=O) groups is 2. The molecule has 1 heterocycles. The van der Waals surface area contributed by atoms with E-state index in [1.54, 1.807) is 6.92 Å². The van der Waals surface area contributed by atoms with Crippen LogP contribution in [-0.4, -0.2) is 23.1 Å². The Kier molecular flexibility index (Phi) is 4.51. The first kappa shape index (κ1) is 13.5. The third-order valence-electron chi connectivity index (χ3n) is 2.23. The summed E-state index contributed by atoms with van der Waals surface area (Å²) in [6.45, 7) is 3.62. The number of carboxylic acid groups (broad SMARTS) is 1. The van der Waals surface area contributed by atoms with Gasteiger partial charge in [0.15, 0.2) is 6.10 Å². The Hall–Kier alpha value is -1.56. The average molecular weight is 257 g/mol. The van der Waals surface area contributed by atoms with Gasteiger partial charge in [0, 0.05) is 10.6 Å². The number of aliphatic carboxylic acids is 1. The van der Waals surface area contributed by atoms with Gasteiger partial charge in [0.2, 0.25) is 0 Å². The van der Waals surface area contributed by atoms with Crippen molar-refractivity contribution in [3.05, 3.63) is 15.8 Å². The topological polar surface area (TPSA) is 89.6 Å². The largest absolute Gasteiger partial charge is 0.479 e. The van der Waals surface area contributed by atoms with Crippen LogP contribution in [0.1, 0.15) is 34.3 Å². The van der Waals surface area contributed by atoms with Crippen molar-refractivity contribution in [3.63, 3.8) is 0 Å². The zero-order chi connectivity index (χ0) is 13.0. The van der Waals surface area contributed by atoms with Crippen LogP contribution in [0.15, 0.2) is 6.07 Å². The van der Waals surface area contributed by atoms with E-state index in [0.717, 1.165) is 4.88 Å². The van der Waals surface area contributed by atoms with Crippen molar-refractivity contribution < 1.29 is 19.4 Å². The lowest BCUT2D eigenvalue weighted by Crippen LogP contribution is -2.26. The van der Waals surface area contributed by atoms with E-state index in [2.05, 4.69) is 0 Å². The second-order valence-electron chi connectivity index (χ2n) is 3.64. The normalized spacial score (nSPS) is 12.1. The van der Waals surface area contributed by atoms with Gasteiger partial charge in [-0.3, -0.25) is 0 Å². The smallest absolute Gasteiger partial charge is 0.349 e. The molecule has 6 heteroatoms. The molecule has 17 heavy (non-hydrogen) atoms. The van der Waals surface area contributed by atoms with Gasteiger partial charge >= 0.3 is 11.9 Å². The molecule has 0 fully saturated rings. The Balaban J connectivity index is 2.73. The number of hydrogen-bond donors (Lipinski definition) is 2. The van der Waals surface area contributed by atoms with E-state index < -0.39 is 18.0 Å². The standard InChI is InChI=1S/C11H15NO4S/c1-3-4-8(10(13)14)16-11(15)9-5-7(12)6(2)17-9/h5,8H,3-4,12H2,1-2H3,(H,13,14). The van der Waals surface area contributed by atoms with Gasteiger partial charge in [-0.15, -0.1) is 11.3 Å². The van der Waals surface area contributed by atoms with E-state index in [1.807, 2.05) is 6.92 Å². The monoisotopic (exact) mass is 257 g/mol. The summed E-state index contributed by atoms with van der Waals surface area (Å²) in [4.78, 5) is 23.7. The Bertz CT molecular complexity index is 408. The highest BCUT2D eigenvalue weighted by Crippen LogP contribution is 2.24. The molecule has 1 aromatic heterocycles. The van der Waals surface area contributed by atoms with Crippen LogP contribution in [0.4, 0.5) is 5.69 Å². The third-order valence-corrected chi connectivity index (χ3v) is 3.28. The first-order valence-corrected chi connectivity index (χ1v) is 6.07. The van der Waals surface area contributed by atoms with Crippen LogP contribution in [0.2, 0.25) is 0 Å². The van der Waals surface area contributed by atoms with Gasteiger partial charge in [0.1, 0.15) is 4.88 Å². The summed E-state index contributed by atoms with van der Waals surface area (Å²) in [6.07, 6.45) is -0.146. The first-order valence-electron chi connectivity index (χ1n) is 5.25. The Labute approximate surface area is 103 Å². The number of hydrogen-bond acceptors (Lipinski definition) is 5. The quantitative estimate of drug-likeness (QED) is 0.788. The number of nitrogens with two attached hydrogens (primary N) is 1. The molecule has 1 unspecified atom stereocenters. The van der Waals surface area contributed by atoms with Crippen molar-refractivity contribution in [2.24, 2.45) is 0 Å². The molecular formula is C11H15NO4S. The Morgan fingerprint density at radius 2 is 2.24 bits per heavy atom. The van der Waals surface area contributed by atoms with Gasteiger partial charge < -0.3 is 15.6 Å². The molecule has 0 aliphatic heterocycles. The number of carbonyl (C=O) groups excluding carboxylic acids is 1. The van der Waals surface area contributed by atoms with E-state index >= 15 is 0 Å². The van der Waals surface area contributed by atoms with Crippen molar-refractivity contribution in [3.8, 4) is 0 Å². The molecule has 0 saturated carbocycles. The minimum atomic E-state index is -1.12. The number of carboxylic acids is 1. The summed E-state index contributed by atoms with van der Waals surface area (Å²) in [5.74, 6) is -1.75. The molecule has 1 atom stereocenters. The van der Waals surface area contributed by atoms with Gasteiger partial charge in [-0.05, 0) is 19.4 Å². The number of esters is 1. The van der Waals surface area contributed by atoms with Crippen LogP contribution in [-0.2, 0) is 9.53 Å². The highest BCUT2D eigenvalue weighted by atomic mass is 32.1. The Morgan fingerprint density at radius 1 is 1.59 bits per heavy atom. The van der Waals surface area contributed by atoms with Crippen LogP contribution in [0.25, 0.3) is 0 Å². The highest BCUT2D eigenvalue weighted by molar-refractivity contribution is 7.14. The molecule has 0 saturated heterocycles. The van der Waals surface area contributed by atoms with Crippen LogP contribution in [0.3, 0.4) is 0 Å². The zero-order valence-electron chi connectivity index (χ0n) is 9.73. The molecule has 0 spiro atoms. The lowest BCUT2D eigenvalue weighted by Gasteiger charge is -2.11. The summed E-state index contributed by atoms with van der Waals surface area (Å²) in [6, 6.07) is 1.51. The molecule has 5 nitrogen and oxygen atoms in total.